The van der Waals surface area contributed by atoms with E-state index in [1.165, 1.54) is 53.4 Å². The number of primary amides is 1. The second-order valence-corrected chi connectivity index (χ2v) is 32.8. The van der Waals surface area contributed by atoms with E-state index in [4.69, 9.17) is 42.8 Å². The van der Waals surface area contributed by atoms with Crippen molar-refractivity contribution in [3.63, 3.8) is 0 Å². The Hall–Kier alpha value is -11.9. The van der Waals surface area contributed by atoms with Crippen LogP contribution in [0.1, 0.15) is 175 Å². The van der Waals surface area contributed by atoms with E-state index in [0.29, 0.717) is 12.0 Å². The van der Waals surface area contributed by atoms with Crippen LogP contribution in [0.25, 0.3) is 10.4 Å². The average molecular weight is 1840 g/mol. The average Bonchev–Trinajstić information content (AvgIpc) is 1.71. The minimum Gasteiger partial charge on any atom is -0.508 e. The Balaban J connectivity index is 1.58. The maximum Gasteiger partial charge on any atom is 0.326 e. The summed E-state index contributed by atoms with van der Waals surface area (Å²) in [4.78, 5) is 243. The van der Waals surface area contributed by atoms with Gasteiger partial charge in [0, 0.05) is 56.8 Å². The van der Waals surface area contributed by atoms with Gasteiger partial charge in [0.1, 0.15) is 90.0 Å². The summed E-state index contributed by atoms with van der Waals surface area (Å²) in [6.07, 6.45) is -2.86. The number of benzene rings is 2. The Kier molecular flexibility index (Phi) is 50.4. The van der Waals surface area contributed by atoms with Crippen molar-refractivity contribution >= 4 is 101 Å². The summed E-state index contributed by atoms with van der Waals surface area (Å²) in [5.41, 5.74) is 29.1. The zero-order valence-corrected chi connectivity index (χ0v) is 74.6. The number of amides is 14. The summed E-state index contributed by atoms with van der Waals surface area (Å²) in [5.74, 6) is -13.5. The predicted molar refractivity (Wildman–Crippen MR) is 467 cm³/mol. The number of unbranched alkanes of at least 4 members (excludes halogenated alkanes) is 1. The minimum absolute atomic E-state index is 0.00753. The number of nitrogens with two attached hydrogens (primary N) is 4. The molecular formula is C84H133N21O25. The summed E-state index contributed by atoms with van der Waals surface area (Å²) in [6, 6.07) is -8.84. The number of nitrogens with one attached hydrogen (secondary N) is 12. The van der Waals surface area contributed by atoms with Gasteiger partial charge in [0.15, 0.2) is 0 Å². The van der Waals surface area contributed by atoms with Crippen LogP contribution in [0.4, 0.5) is 0 Å². The molecule has 0 aliphatic carbocycles. The molecule has 2 aliphatic heterocycles. The van der Waals surface area contributed by atoms with E-state index in [1.807, 2.05) is 0 Å². The molecule has 2 aliphatic rings. The summed E-state index contributed by atoms with van der Waals surface area (Å²) in [5, 5.41) is 81.4. The van der Waals surface area contributed by atoms with Crippen LogP contribution in [0.2, 0.25) is 0 Å². The molecule has 14 atom stereocenters. The molecular weight excluding hydrogens is 1700 g/mol. The van der Waals surface area contributed by atoms with Crippen LogP contribution in [0.15, 0.2) is 53.6 Å². The lowest BCUT2D eigenvalue weighted by atomic mass is 9.96. The molecule has 0 radical (unpaired) electrons. The number of aromatic hydroxyl groups is 2. The highest BCUT2D eigenvalue weighted by molar-refractivity contribution is 6.02. The van der Waals surface area contributed by atoms with Gasteiger partial charge in [0.25, 0.3) is 0 Å². The Morgan fingerprint density at radius 2 is 0.885 bits per heavy atom. The van der Waals surface area contributed by atoms with Gasteiger partial charge in [0.2, 0.25) is 82.7 Å². The number of carboxylic acids is 3. The third-order valence-corrected chi connectivity index (χ3v) is 21.4. The first-order valence-electron chi connectivity index (χ1n) is 43.9. The number of rotatable bonds is 64. The standard InChI is InChI=1S/C84H133N21O25/c1-7-50(6)71(81(123)101-64(84(126)127)43-49(4)5)102-78(120)61(45-52-21-25-54(107)26-22-52)100-80(122)66-18-13-35-105(66)83(125)58(15-10-31-86)94-72(114)55(16-11-32-90-88)93-79(121)65-17-12-34-104(65)82(124)57(14-8-9-30-85)95-76(118)62(46-67(87)108)98-77(119)63(47-70(112)113)99-75(117)60(44-51-19-23-53(106)24-20-51)97-74(116)59(42-48(2)3)96-73(115)56(27-28-69(110)111)92-68(109)29-36-128-38-40-130-41-39-129-37-33-91-103-89/h19-26,48-50,55-66,71,90,106-107H,7-18,27-47,85-86,88H2,1-6H3,(H2,87,108)(H,92,109)(H,93,121)(H,94,114)(H,95,118)(H,96,115)(H,97,116)(H,98,119)(H,99,117)(H,100,122)(H,101,123)(H,102,120)(H,110,111)(H,112,113)(H,126,127). The van der Waals surface area contributed by atoms with Gasteiger partial charge < -0.3 is 125 Å². The van der Waals surface area contributed by atoms with Gasteiger partial charge in [-0.2, -0.15) is 0 Å². The van der Waals surface area contributed by atoms with Crippen LogP contribution in [0.5, 0.6) is 11.5 Å². The van der Waals surface area contributed by atoms with E-state index in [1.54, 1.807) is 41.5 Å². The molecule has 0 spiro atoms. The number of carboxylic acid groups (broad SMARTS) is 3. The Morgan fingerprint density at radius 3 is 1.36 bits per heavy atom. The number of likely N-dealkylation sites (tertiary alicyclic amines) is 2. The van der Waals surface area contributed by atoms with E-state index >= 15 is 4.79 Å². The van der Waals surface area contributed by atoms with E-state index in [9.17, 15) is 102 Å². The van der Waals surface area contributed by atoms with Crippen molar-refractivity contribution in [2.75, 3.05) is 78.9 Å². The van der Waals surface area contributed by atoms with Crippen LogP contribution in [0, 0.1) is 17.8 Å². The van der Waals surface area contributed by atoms with Crippen molar-refractivity contribution in [3.05, 3.63) is 70.1 Å². The van der Waals surface area contributed by atoms with Crippen LogP contribution in [-0.2, 0) is 109 Å². The number of carbonyl (C=O) groups is 17. The van der Waals surface area contributed by atoms with Crippen LogP contribution in [-0.4, -0.2) is 293 Å². The van der Waals surface area contributed by atoms with Gasteiger partial charge in [-0.05, 0) is 162 Å². The highest BCUT2D eigenvalue weighted by Gasteiger charge is 2.44. The van der Waals surface area contributed by atoms with Crippen molar-refractivity contribution in [2.45, 2.75) is 255 Å². The molecule has 2 aromatic rings. The second kappa shape index (κ2) is 59.3. The molecule has 14 unspecified atom stereocenters. The van der Waals surface area contributed by atoms with E-state index in [2.05, 4.69) is 73.9 Å². The summed E-state index contributed by atoms with van der Waals surface area (Å²) < 4.78 is 16.1. The lowest BCUT2D eigenvalue weighted by Gasteiger charge is -2.32. The van der Waals surface area contributed by atoms with Crippen molar-refractivity contribution in [2.24, 2.45) is 45.9 Å². The quantitative estimate of drug-likeness (QED) is 0.00813. The summed E-state index contributed by atoms with van der Waals surface area (Å²) >= 11 is 0. The maximum atomic E-state index is 15.0. The fourth-order valence-electron chi connectivity index (χ4n) is 14.4. The molecule has 0 saturated carbocycles. The summed E-state index contributed by atoms with van der Waals surface area (Å²) in [6.45, 7) is 11.3. The lowest BCUT2D eigenvalue weighted by molar-refractivity contribution is -0.144. The maximum absolute atomic E-state index is 15.0. The number of aliphatic carboxylic acids is 3. The topological polar surface area (TPSA) is 723 Å². The largest absolute Gasteiger partial charge is 0.508 e. The number of hydrogen-bond donors (Lipinski definition) is 21. The molecule has 2 fully saturated rings. The number of phenolic OH excluding ortho intramolecular Hbond substituents is 2. The molecule has 25 N–H and O–H groups in total. The second-order valence-electron chi connectivity index (χ2n) is 32.8. The first-order chi connectivity index (χ1) is 61.8. The van der Waals surface area contributed by atoms with Crippen molar-refractivity contribution in [1.29, 1.82) is 0 Å². The third kappa shape index (κ3) is 40.4. The van der Waals surface area contributed by atoms with Gasteiger partial charge in [-0.3, -0.25) is 88.0 Å². The fraction of sp³-hybridized carbons (Fsp3) is 0.655. The number of carbonyl (C=O) groups excluding carboxylic acids is 14. The van der Waals surface area contributed by atoms with E-state index in [-0.39, 0.29) is 204 Å². The molecule has 724 valence electrons. The van der Waals surface area contributed by atoms with Crippen LogP contribution >= 0.6 is 0 Å². The lowest BCUT2D eigenvalue weighted by Crippen LogP contribution is -2.61. The summed E-state index contributed by atoms with van der Waals surface area (Å²) in [7, 11) is 0. The molecule has 2 aromatic carbocycles. The first-order valence-corrected chi connectivity index (χ1v) is 43.9. The monoisotopic (exact) mass is 1840 g/mol. The molecule has 46 heteroatoms. The highest BCUT2D eigenvalue weighted by atomic mass is 16.5. The van der Waals surface area contributed by atoms with Crippen molar-refractivity contribution in [1.82, 2.24) is 73.7 Å². The van der Waals surface area contributed by atoms with E-state index < -0.39 is 217 Å². The number of azide groups is 1. The molecule has 46 nitrogen and oxygen atoms in total. The molecule has 4 rings (SSSR count). The van der Waals surface area contributed by atoms with Gasteiger partial charge in [0.05, 0.1) is 52.5 Å². The van der Waals surface area contributed by atoms with Gasteiger partial charge in [-0.1, -0.05) is 77.3 Å². The Labute approximate surface area is 753 Å². The normalized spacial score (nSPS) is 16.3. The van der Waals surface area contributed by atoms with Crippen molar-refractivity contribution in [3.8, 4) is 11.5 Å². The van der Waals surface area contributed by atoms with Crippen LogP contribution < -0.4 is 87.0 Å². The number of phenols is 2. The first kappa shape index (κ1) is 110. The van der Waals surface area contributed by atoms with E-state index in [0.717, 1.165) is 4.90 Å². The Morgan fingerprint density at radius 1 is 0.469 bits per heavy atom. The molecule has 2 saturated heterocycles. The fourth-order valence-corrected chi connectivity index (χ4v) is 14.4. The number of nitrogens with zero attached hydrogens (tertiary/aromatic N) is 5. The molecule has 130 heavy (non-hydrogen) atoms. The molecule has 2 heterocycles. The number of ether oxygens (including phenoxy) is 3. The SMILES string of the molecule is CCC(C)C(NC(=O)C(Cc1ccc(O)cc1)NC(=O)C1CCCN1C(=O)C(CCCN)NC(=O)C(CCCNN)NC(=O)C1CCCN1C(=O)C(CCCCN)NC(=O)C(CC(N)=O)NC(=O)C(CC(=O)O)NC(=O)C(Cc1ccc(O)cc1)NC(=O)C(CC(C)C)NC(=O)C(CCC(=O)O)NC(=O)CCOCCOCCOCCN=[N+]=[N-])C(=O)NC(CC(C)C)C(=O)O. The number of hydrazine groups is 1. The predicted octanol–water partition coefficient (Wildman–Crippen LogP) is -2.50. The smallest absolute Gasteiger partial charge is 0.326 e. The number of hydrogen-bond acceptors (Lipinski definition) is 27. The molecule has 0 aromatic heterocycles. The molecule has 14 amide bonds. The van der Waals surface area contributed by atoms with Gasteiger partial charge in [-0.15, -0.1) is 0 Å². The Bertz CT molecular complexity index is 4110. The minimum atomic E-state index is -2.13. The highest BCUT2D eigenvalue weighted by Crippen LogP contribution is 2.25. The molecule has 0 bridgehead atoms. The zero-order chi connectivity index (χ0) is 96.5. The third-order valence-electron chi connectivity index (χ3n) is 21.4. The van der Waals surface area contributed by atoms with Gasteiger partial charge in [-0.25, -0.2) is 4.79 Å². The van der Waals surface area contributed by atoms with Crippen molar-refractivity contribution < 1.29 is 121 Å². The van der Waals surface area contributed by atoms with Crippen LogP contribution in [0.3, 0.4) is 0 Å². The zero-order valence-electron chi connectivity index (χ0n) is 74.6. The van der Waals surface area contributed by atoms with Gasteiger partial charge >= 0.3 is 17.9 Å².